The van der Waals surface area contributed by atoms with E-state index in [2.05, 4.69) is 15.4 Å². The van der Waals surface area contributed by atoms with Crippen molar-refractivity contribution in [3.63, 3.8) is 0 Å². The average molecular weight is 268 g/mol. The number of rotatable bonds is 1. The zero-order valence-corrected chi connectivity index (χ0v) is 9.91. The van der Waals surface area contributed by atoms with Crippen LogP contribution in [0.1, 0.15) is 17.0 Å². The molecule has 4 nitrogen and oxygen atoms in total. The van der Waals surface area contributed by atoms with Crippen LogP contribution in [0.4, 0.5) is 13.2 Å². The molecule has 7 heteroatoms. The summed E-state index contributed by atoms with van der Waals surface area (Å²) in [5.41, 5.74) is -0.00506. The van der Waals surface area contributed by atoms with Crippen LogP contribution in [0.2, 0.25) is 0 Å². The van der Waals surface area contributed by atoms with Crippen LogP contribution in [0.5, 0.6) is 0 Å². The molecule has 1 N–H and O–H groups in total. The summed E-state index contributed by atoms with van der Waals surface area (Å²) in [6, 6.07) is 5.09. The molecule has 0 fully saturated rings. The van der Waals surface area contributed by atoms with E-state index in [1.54, 1.807) is 18.2 Å². The van der Waals surface area contributed by atoms with Gasteiger partial charge in [-0.05, 0) is 12.1 Å². The van der Waals surface area contributed by atoms with E-state index in [9.17, 15) is 13.2 Å². The predicted molar refractivity (Wildman–Crippen MR) is 61.8 cm³/mol. The Morgan fingerprint density at radius 1 is 1.26 bits per heavy atom. The molecular formula is C12H11F3N4. The molecule has 0 atom stereocenters. The molecule has 0 saturated carbocycles. The van der Waals surface area contributed by atoms with Crippen LogP contribution in [-0.2, 0) is 19.1 Å². The summed E-state index contributed by atoms with van der Waals surface area (Å²) >= 11 is 0. The number of nitrogens with one attached hydrogen (secondary N) is 1. The van der Waals surface area contributed by atoms with Crippen molar-refractivity contribution in [1.29, 1.82) is 0 Å². The standard InChI is InChI=1S/C12H11F3N4/c13-12(14,15)11-8-7-16-6-4-9(8)19(18-11)10-3-1-2-5-17-10/h1-3,5,16H,4,6-7H2. The first-order chi connectivity index (χ1) is 9.07. The first-order valence-electron chi connectivity index (χ1n) is 5.87. The van der Waals surface area contributed by atoms with E-state index in [0.29, 0.717) is 24.5 Å². The Labute approximate surface area is 107 Å². The average Bonchev–Trinajstić information content (AvgIpc) is 2.79. The van der Waals surface area contributed by atoms with E-state index < -0.39 is 11.9 Å². The molecule has 0 unspecified atom stereocenters. The summed E-state index contributed by atoms with van der Waals surface area (Å²) < 4.78 is 40.2. The fourth-order valence-corrected chi connectivity index (χ4v) is 2.24. The lowest BCUT2D eigenvalue weighted by atomic mass is 10.1. The second-order valence-corrected chi connectivity index (χ2v) is 4.30. The smallest absolute Gasteiger partial charge is 0.312 e. The van der Waals surface area contributed by atoms with Gasteiger partial charge in [0.1, 0.15) is 0 Å². The molecule has 2 aromatic heterocycles. The first-order valence-corrected chi connectivity index (χ1v) is 5.87. The Bertz CT molecular complexity index is 589. The van der Waals surface area contributed by atoms with Crippen LogP contribution in [0.25, 0.3) is 5.82 Å². The highest BCUT2D eigenvalue weighted by atomic mass is 19.4. The van der Waals surface area contributed by atoms with Gasteiger partial charge in [0.25, 0.3) is 0 Å². The van der Waals surface area contributed by atoms with Crippen molar-refractivity contribution in [3.8, 4) is 5.82 Å². The minimum atomic E-state index is -4.44. The number of halogens is 3. The van der Waals surface area contributed by atoms with Gasteiger partial charge >= 0.3 is 6.18 Å². The number of aromatic nitrogens is 3. The Balaban J connectivity index is 2.18. The zero-order chi connectivity index (χ0) is 13.5. The minimum Gasteiger partial charge on any atom is -0.312 e. The molecule has 3 heterocycles. The number of hydrogen-bond donors (Lipinski definition) is 1. The van der Waals surface area contributed by atoms with E-state index in [1.807, 2.05) is 0 Å². The van der Waals surface area contributed by atoms with Crippen molar-refractivity contribution < 1.29 is 13.2 Å². The van der Waals surface area contributed by atoms with Gasteiger partial charge in [-0.3, -0.25) is 0 Å². The van der Waals surface area contributed by atoms with Crippen molar-refractivity contribution in [1.82, 2.24) is 20.1 Å². The molecule has 0 spiro atoms. The van der Waals surface area contributed by atoms with E-state index in [0.717, 1.165) is 0 Å². The molecule has 0 amide bonds. The molecule has 0 bridgehead atoms. The molecule has 100 valence electrons. The summed E-state index contributed by atoms with van der Waals surface area (Å²) in [6.45, 7) is 0.833. The fourth-order valence-electron chi connectivity index (χ4n) is 2.24. The Morgan fingerprint density at radius 2 is 2.11 bits per heavy atom. The van der Waals surface area contributed by atoms with Crippen molar-refractivity contribution in [2.75, 3.05) is 6.54 Å². The summed E-state index contributed by atoms with van der Waals surface area (Å²) in [7, 11) is 0. The molecular weight excluding hydrogens is 257 g/mol. The Kier molecular flexibility index (Phi) is 2.78. The Morgan fingerprint density at radius 3 is 2.79 bits per heavy atom. The largest absolute Gasteiger partial charge is 0.435 e. The normalized spacial score (nSPS) is 15.3. The van der Waals surface area contributed by atoms with Gasteiger partial charge in [-0.25, -0.2) is 9.67 Å². The van der Waals surface area contributed by atoms with Crippen molar-refractivity contribution in [2.24, 2.45) is 0 Å². The lowest BCUT2D eigenvalue weighted by molar-refractivity contribution is -0.142. The van der Waals surface area contributed by atoms with Gasteiger partial charge in [0, 0.05) is 31.3 Å². The molecule has 0 aliphatic carbocycles. The third-order valence-electron chi connectivity index (χ3n) is 3.07. The highest BCUT2D eigenvalue weighted by Crippen LogP contribution is 2.34. The maximum absolute atomic E-state index is 13.0. The lowest BCUT2D eigenvalue weighted by Crippen LogP contribution is -2.26. The van der Waals surface area contributed by atoms with Crippen LogP contribution < -0.4 is 5.32 Å². The van der Waals surface area contributed by atoms with Crippen LogP contribution in [0, 0.1) is 0 Å². The number of pyridine rings is 1. The zero-order valence-electron chi connectivity index (χ0n) is 9.91. The molecule has 19 heavy (non-hydrogen) atoms. The highest BCUT2D eigenvalue weighted by molar-refractivity contribution is 5.36. The highest BCUT2D eigenvalue weighted by Gasteiger charge is 2.39. The second kappa shape index (κ2) is 4.34. The van der Waals surface area contributed by atoms with E-state index >= 15 is 0 Å². The lowest BCUT2D eigenvalue weighted by Gasteiger charge is -2.15. The quantitative estimate of drug-likeness (QED) is 0.859. The topological polar surface area (TPSA) is 42.7 Å². The van der Waals surface area contributed by atoms with Gasteiger partial charge < -0.3 is 5.32 Å². The number of nitrogens with zero attached hydrogens (tertiary/aromatic N) is 3. The fraction of sp³-hybridized carbons (Fsp3) is 0.333. The van der Waals surface area contributed by atoms with Gasteiger partial charge in [-0.15, -0.1) is 0 Å². The number of hydrogen-bond acceptors (Lipinski definition) is 3. The van der Waals surface area contributed by atoms with E-state index in [4.69, 9.17) is 0 Å². The van der Waals surface area contributed by atoms with Gasteiger partial charge in [0.05, 0.1) is 5.69 Å². The van der Waals surface area contributed by atoms with Gasteiger partial charge in [0.15, 0.2) is 11.5 Å². The van der Waals surface area contributed by atoms with Crippen molar-refractivity contribution in [3.05, 3.63) is 41.3 Å². The molecule has 3 rings (SSSR count). The summed E-state index contributed by atoms with van der Waals surface area (Å²) in [5, 5.41) is 6.67. The number of alkyl halides is 3. The van der Waals surface area contributed by atoms with Crippen LogP contribution >= 0.6 is 0 Å². The van der Waals surface area contributed by atoms with Gasteiger partial charge in [0.2, 0.25) is 0 Å². The maximum Gasteiger partial charge on any atom is 0.435 e. The molecule has 0 saturated heterocycles. The molecule has 0 radical (unpaired) electrons. The summed E-state index contributed by atoms with van der Waals surface area (Å²) in [4.78, 5) is 4.07. The third kappa shape index (κ3) is 2.10. The van der Waals surface area contributed by atoms with Crippen LogP contribution in [0.3, 0.4) is 0 Å². The molecule has 2 aromatic rings. The second-order valence-electron chi connectivity index (χ2n) is 4.30. The van der Waals surface area contributed by atoms with Crippen LogP contribution in [-0.4, -0.2) is 21.3 Å². The maximum atomic E-state index is 13.0. The molecule has 1 aliphatic heterocycles. The Hall–Kier alpha value is -1.89. The molecule has 1 aliphatic rings. The van der Waals surface area contributed by atoms with Crippen molar-refractivity contribution in [2.45, 2.75) is 19.1 Å². The summed E-state index contributed by atoms with van der Waals surface area (Å²) in [6.07, 6.45) is -2.39. The van der Waals surface area contributed by atoms with Crippen LogP contribution in [0.15, 0.2) is 24.4 Å². The SMILES string of the molecule is FC(F)(F)c1nn(-c2ccccn2)c2c1CNCC2. The predicted octanol–water partition coefficient (Wildman–Crippen LogP) is 1.93. The minimum absolute atomic E-state index is 0.191. The van der Waals surface area contributed by atoms with E-state index in [1.165, 1.54) is 10.9 Å². The monoisotopic (exact) mass is 268 g/mol. The first kappa shape index (κ1) is 12.2. The third-order valence-corrected chi connectivity index (χ3v) is 3.07. The number of fused-ring (bicyclic) bond motifs is 1. The van der Waals surface area contributed by atoms with E-state index in [-0.39, 0.29) is 12.1 Å². The van der Waals surface area contributed by atoms with Gasteiger partial charge in [-0.1, -0.05) is 6.07 Å². The van der Waals surface area contributed by atoms with Gasteiger partial charge in [-0.2, -0.15) is 18.3 Å². The summed E-state index contributed by atoms with van der Waals surface area (Å²) in [5.74, 6) is 0.413. The molecule has 0 aromatic carbocycles. The van der Waals surface area contributed by atoms with Crippen molar-refractivity contribution >= 4 is 0 Å².